The minimum Gasteiger partial charge on any atom is -0.374 e. The molecule has 0 aliphatic carbocycles. The van der Waals surface area contributed by atoms with Crippen molar-refractivity contribution in [1.29, 1.82) is 0 Å². The van der Waals surface area contributed by atoms with E-state index in [9.17, 15) is 0 Å². The summed E-state index contributed by atoms with van der Waals surface area (Å²) in [4.78, 5) is 0. The third-order valence-corrected chi connectivity index (χ3v) is 2.69. The molecule has 16 heavy (non-hydrogen) atoms. The van der Waals surface area contributed by atoms with Crippen molar-refractivity contribution in [2.75, 3.05) is 6.61 Å². The molecule has 0 bridgehead atoms. The van der Waals surface area contributed by atoms with E-state index in [0.717, 1.165) is 19.4 Å². The highest BCUT2D eigenvalue weighted by atomic mass is 16.5. The second kappa shape index (κ2) is 8.58. The van der Waals surface area contributed by atoms with Crippen LogP contribution in [0.25, 0.3) is 0 Å². The maximum atomic E-state index is 5.86. The highest BCUT2D eigenvalue weighted by molar-refractivity contribution is 5.28. The van der Waals surface area contributed by atoms with Crippen LogP contribution >= 0.6 is 0 Å². The minimum atomic E-state index is 0.351. The van der Waals surface area contributed by atoms with Gasteiger partial charge in [0.2, 0.25) is 0 Å². The van der Waals surface area contributed by atoms with Gasteiger partial charge in [-0.3, -0.25) is 0 Å². The predicted molar refractivity (Wildman–Crippen MR) is 72.7 cm³/mol. The lowest BCUT2D eigenvalue weighted by atomic mass is 10.1. The van der Waals surface area contributed by atoms with Crippen LogP contribution < -0.4 is 0 Å². The zero-order chi connectivity index (χ0) is 12.6. The van der Waals surface area contributed by atoms with Gasteiger partial charge in [0.1, 0.15) is 0 Å². The van der Waals surface area contributed by atoms with Gasteiger partial charge in [-0.05, 0) is 50.7 Å². The Hall–Kier alpha value is -0.560. The summed E-state index contributed by atoms with van der Waals surface area (Å²) in [6.07, 6.45) is 6.98. The van der Waals surface area contributed by atoms with Gasteiger partial charge < -0.3 is 4.74 Å². The molecule has 0 fully saturated rings. The van der Waals surface area contributed by atoms with Gasteiger partial charge in [0.15, 0.2) is 0 Å². The van der Waals surface area contributed by atoms with Gasteiger partial charge in [0.25, 0.3) is 0 Å². The van der Waals surface area contributed by atoms with Crippen molar-refractivity contribution in [3.8, 4) is 0 Å². The standard InChI is InChI=1S/C15H28O/c1-7-9-13(5)15(8-2)11-16-14(6)10-12(3)4/h8-9,12,14H,7,10-11H2,1-6H3/b13-9-,15-8-. The Balaban J connectivity index is 4.12. The molecule has 0 amide bonds. The topological polar surface area (TPSA) is 9.23 Å². The molecule has 0 aromatic carbocycles. The third-order valence-electron chi connectivity index (χ3n) is 2.69. The lowest BCUT2D eigenvalue weighted by Gasteiger charge is -2.17. The van der Waals surface area contributed by atoms with Gasteiger partial charge in [0.05, 0.1) is 12.7 Å². The van der Waals surface area contributed by atoms with Crippen LogP contribution in [0, 0.1) is 5.92 Å². The largest absolute Gasteiger partial charge is 0.374 e. The molecule has 0 heterocycles. The van der Waals surface area contributed by atoms with Gasteiger partial charge >= 0.3 is 0 Å². The Labute approximate surface area is 102 Å². The zero-order valence-electron chi connectivity index (χ0n) is 11.8. The molecule has 1 nitrogen and oxygen atoms in total. The second-order valence-electron chi connectivity index (χ2n) is 4.86. The molecule has 0 aliphatic rings. The van der Waals surface area contributed by atoms with Crippen LogP contribution in [0.15, 0.2) is 23.3 Å². The van der Waals surface area contributed by atoms with E-state index in [4.69, 9.17) is 4.74 Å². The first-order chi connectivity index (χ1) is 7.51. The van der Waals surface area contributed by atoms with Crippen LogP contribution in [0.1, 0.15) is 54.4 Å². The molecule has 0 saturated heterocycles. The van der Waals surface area contributed by atoms with Gasteiger partial charge in [-0.15, -0.1) is 0 Å². The fourth-order valence-corrected chi connectivity index (χ4v) is 1.83. The Kier molecular flexibility index (Phi) is 8.28. The molecule has 0 saturated carbocycles. The number of ether oxygens (including phenoxy) is 1. The maximum absolute atomic E-state index is 5.86. The number of hydrogen-bond acceptors (Lipinski definition) is 1. The maximum Gasteiger partial charge on any atom is 0.0719 e. The molecule has 0 aromatic rings. The van der Waals surface area contributed by atoms with Crippen LogP contribution in [-0.4, -0.2) is 12.7 Å². The summed E-state index contributed by atoms with van der Waals surface area (Å²) in [5.74, 6) is 0.705. The molecule has 0 rings (SSSR count). The molecule has 0 spiro atoms. The summed E-state index contributed by atoms with van der Waals surface area (Å²) in [6.45, 7) is 13.8. The smallest absolute Gasteiger partial charge is 0.0719 e. The third kappa shape index (κ3) is 6.84. The van der Waals surface area contributed by atoms with Crippen molar-refractivity contribution in [1.82, 2.24) is 0 Å². The number of rotatable bonds is 7. The van der Waals surface area contributed by atoms with Gasteiger partial charge in [-0.1, -0.05) is 32.9 Å². The highest BCUT2D eigenvalue weighted by Gasteiger charge is 2.07. The van der Waals surface area contributed by atoms with Crippen molar-refractivity contribution in [3.63, 3.8) is 0 Å². The predicted octanol–water partition coefficient (Wildman–Crippen LogP) is 4.74. The van der Waals surface area contributed by atoms with E-state index in [1.54, 1.807) is 0 Å². The van der Waals surface area contributed by atoms with E-state index in [2.05, 4.69) is 53.7 Å². The van der Waals surface area contributed by atoms with Crippen LogP contribution in [0.2, 0.25) is 0 Å². The van der Waals surface area contributed by atoms with Gasteiger partial charge in [-0.25, -0.2) is 0 Å². The van der Waals surface area contributed by atoms with Crippen LogP contribution in [0.5, 0.6) is 0 Å². The molecule has 0 aliphatic heterocycles. The van der Waals surface area contributed by atoms with Gasteiger partial charge in [0, 0.05) is 0 Å². The molecule has 0 aromatic heterocycles. The summed E-state index contributed by atoms with van der Waals surface area (Å²) in [5.41, 5.74) is 2.67. The van der Waals surface area contributed by atoms with E-state index in [1.165, 1.54) is 11.1 Å². The molecule has 1 heteroatoms. The van der Waals surface area contributed by atoms with Gasteiger partial charge in [-0.2, -0.15) is 0 Å². The lowest BCUT2D eigenvalue weighted by Crippen LogP contribution is -2.13. The second-order valence-corrected chi connectivity index (χ2v) is 4.86. The normalized spacial score (nSPS) is 15.7. The number of hydrogen-bond donors (Lipinski definition) is 0. The average Bonchev–Trinajstić information content (AvgIpc) is 2.17. The van der Waals surface area contributed by atoms with Crippen LogP contribution in [-0.2, 0) is 4.74 Å². The Morgan fingerprint density at radius 1 is 1.25 bits per heavy atom. The fourth-order valence-electron chi connectivity index (χ4n) is 1.83. The Morgan fingerprint density at radius 3 is 2.31 bits per heavy atom. The summed E-state index contributed by atoms with van der Waals surface area (Å²) < 4.78 is 5.86. The van der Waals surface area contributed by atoms with Crippen LogP contribution in [0.4, 0.5) is 0 Å². The first-order valence-electron chi connectivity index (χ1n) is 6.45. The van der Waals surface area contributed by atoms with E-state index in [-0.39, 0.29) is 0 Å². The molecular formula is C15H28O. The Bertz CT molecular complexity index is 236. The fraction of sp³-hybridized carbons (Fsp3) is 0.733. The minimum absolute atomic E-state index is 0.351. The molecule has 94 valence electrons. The summed E-state index contributed by atoms with van der Waals surface area (Å²) in [6, 6.07) is 0. The van der Waals surface area contributed by atoms with Crippen molar-refractivity contribution in [2.24, 2.45) is 5.92 Å². The summed E-state index contributed by atoms with van der Waals surface area (Å²) in [5, 5.41) is 0. The monoisotopic (exact) mass is 224 g/mol. The van der Waals surface area contributed by atoms with Crippen molar-refractivity contribution < 1.29 is 4.74 Å². The van der Waals surface area contributed by atoms with Crippen molar-refractivity contribution in [2.45, 2.75) is 60.5 Å². The lowest BCUT2D eigenvalue weighted by molar-refractivity contribution is 0.0687. The van der Waals surface area contributed by atoms with E-state index in [0.29, 0.717) is 12.0 Å². The molecule has 1 atom stereocenters. The first kappa shape index (κ1) is 15.4. The summed E-state index contributed by atoms with van der Waals surface area (Å²) >= 11 is 0. The zero-order valence-corrected chi connectivity index (χ0v) is 11.8. The van der Waals surface area contributed by atoms with Crippen molar-refractivity contribution >= 4 is 0 Å². The average molecular weight is 224 g/mol. The molecular weight excluding hydrogens is 196 g/mol. The summed E-state index contributed by atoms with van der Waals surface area (Å²) in [7, 11) is 0. The Morgan fingerprint density at radius 2 is 1.88 bits per heavy atom. The molecule has 0 radical (unpaired) electrons. The molecule has 1 unspecified atom stereocenters. The first-order valence-corrected chi connectivity index (χ1v) is 6.45. The SMILES string of the molecule is C/C=C(COC(C)CC(C)C)\C(C)=C/CC. The van der Waals surface area contributed by atoms with E-state index >= 15 is 0 Å². The van der Waals surface area contributed by atoms with Crippen LogP contribution in [0.3, 0.4) is 0 Å². The van der Waals surface area contributed by atoms with Crippen molar-refractivity contribution in [3.05, 3.63) is 23.3 Å². The highest BCUT2D eigenvalue weighted by Crippen LogP contribution is 2.14. The molecule has 0 N–H and O–H groups in total. The van der Waals surface area contributed by atoms with E-state index < -0.39 is 0 Å². The van der Waals surface area contributed by atoms with E-state index in [1.807, 2.05) is 0 Å². The number of allylic oxidation sites excluding steroid dienone is 2. The quantitative estimate of drug-likeness (QED) is 0.567.